The van der Waals surface area contributed by atoms with Crippen LogP contribution >= 0.6 is 23.2 Å². The Bertz CT molecular complexity index is 1550. The van der Waals surface area contributed by atoms with Crippen molar-refractivity contribution in [3.63, 3.8) is 0 Å². The van der Waals surface area contributed by atoms with E-state index in [0.717, 1.165) is 21.5 Å². The normalized spacial score (nSPS) is 11.1. The molecule has 5 rings (SSSR count). The average molecular weight is 465 g/mol. The van der Waals surface area contributed by atoms with Crippen molar-refractivity contribution in [2.24, 2.45) is 0 Å². The van der Waals surface area contributed by atoms with E-state index < -0.39 is 5.69 Å². The van der Waals surface area contributed by atoms with Crippen LogP contribution in [0, 0.1) is 5.41 Å². The van der Waals surface area contributed by atoms with E-state index in [-0.39, 0.29) is 32.8 Å². The maximum Gasteiger partial charge on any atom is 0.333 e. The number of halogens is 2. The van der Waals surface area contributed by atoms with Gasteiger partial charge in [0.25, 0.3) is 0 Å². The molecule has 0 radical (unpaired) electrons. The first-order valence-corrected chi connectivity index (χ1v) is 10.1. The molecule has 158 valence electrons. The van der Waals surface area contributed by atoms with Crippen molar-refractivity contribution in [3.05, 3.63) is 86.9 Å². The van der Waals surface area contributed by atoms with Crippen molar-refractivity contribution in [1.82, 2.24) is 29.7 Å². The van der Waals surface area contributed by atoms with Gasteiger partial charge >= 0.3 is 5.69 Å². The molecule has 0 unspecified atom stereocenters. The maximum atomic E-state index is 12.8. The summed E-state index contributed by atoms with van der Waals surface area (Å²) < 4.78 is 1.09. The molecule has 0 aliphatic carbocycles. The Hall–Kier alpha value is -3.95. The van der Waals surface area contributed by atoms with Crippen LogP contribution in [-0.2, 0) is 0 Å². The number of nitrogens with zero attached hydrogens (tertiary/aromatic N) is 4. The number of hydrogen-bond acceptors (Lipinski definition) is 6. The second-order valence-corrected chi connectivity index (χ2v) is 7.63. The fourth-order valence-corrected chi connectivity index (χ4v) is 3.88. The molecule has 0 saturated heterocycles. The number of anilines is 2. The number of hydrogen-bond donors (Lipinski definition) is 4. The van der Waals surface area contributed by atoms with Gasteiger partial charge in [0, 0.05) is 23.6 Å². The molecular formula is C21H14Cl2N8O. The van der Waals surface area contributed by atoms with E-state index in [1.54, 1.807) is 24.4 Å². The van der Waals surface area contributed by atoms with E-state index in [9.17, 15) is 4.79 Å². The lowest BCUT2D eigenvalue weighted by Gasteiger charge is -2.12. The summed E-state index contributed by atoms with van der Waals surface area (Å²) in [7, 11) is 0. The van der Waals surface area contributed by atoms with Gasteiger partial charge in [0.15, 0.2) is 5.65 Å². The number of benzene rings is 2. The van der Waals surface area contributed by atoms with Gasteiger partial charge in [0.05, 0.1) is 26.8 Å². The maximum absolute atomic E-state index is 12.8. The van der Waals surface area contributed by atoms with Crippen LogP contribution in [0.4, 0.5) is 11.6 Å². The zero-order valence-corrected chi connectivity index (χ0v) is 17.7. The lowest BCUT2D eigenvalue weighted by atomic mass is 10.1. The average Bonchev–Trinajstić information content (AvgIpc) is 3.31. The molecule has 2 aromatic carbocycles. The molecular weight excluding hydrogens is 451 g/mol. The zero-order valence-electron chi connectivity index (χ0n) is 16.2. The summed E-state index contributed by atoms with van der Waals surface area (Å²) in [6.45, 7) is 0. The number of H-pyrrole nitrogens is 2. The Labute approximate surface area is 190 Å². The predicted octanol–water partition coefficient (Wildman–Crippen LogP) is 4.03. The molecule has 0 fully saturated rings. The van der Waals surface area contributed by atoms with Crippen LogP contribution in [0.3, 0.4) is 0 Å². The highest BCUT2D eigenvalue weighted by atomic mass is 35.5. The third kappa shape index (κ3) is 3.53. The molecule has 3 aromatic heterocycles. The molecule has 4 N–H and O–H groups in total. The van der Waals surface area contributed by atoms with Crippen molar-refractivity contribution >= 4 is 45.9 Å². The van der Waals surface area contributed by atoms with Crippen molar-refractivity contribution in [1.29, 1.82) is 5.41 Å². The summed E-state index contributed by atoms with van der Waals surface area (Å²) in [4.78, 5) is 24.1. The zero-order chi connectivity index (χ0) is 22.2. The Kier molecular flexibility index (Phi) is 4.96. The van der Waals surface area contributed by atoms with Crippen LogP contribution in [0.25, 0.3) is 28.0 Å². The largest absolute Gasteiger partial charge is 0.333 e. The van der Waals surface area contributed by atoms with Crippen LogP contribution in [0.15, 0.2) is 65.7 Å². The van der Waals surface area contributed by atoms with E-state index >= 15 is 0 Å². The minimum absolute atomic E-state index is 0.133. The van der Waals surface area contributed by atoms with Gasteiger partial charge in [-0.15, -0.1) is 0 Å². The van der Waals surface area contributed by atoms with Crippen molar-refractivity contribution < 1.29 is 0 Å². The summed E-state index contributed by atoms with van der Waals surface area (Å²) in [5, 5.41) is 19.3. The number of aromatic amines is 2. The minimum atomic E-state index is -0.594. The molecule has 0 aliphatic heterocycles. The smallest absolute Gasteiger partial charge is 0.324 e. The second-order valence-electron chi connectivity index (χ2n) is 6.82. The van der Waals surface area contributed by atoms with Crippen molar-refractivity contribution in [2.75, 3.05) is 5.32 Å². The van der Waals surface area contributed by atoms with Crippen LogP contribution in [-0.4, -0.2) is 29.7 Å². The van der Waals surface area contributed by atoms with Gasteiger partial charge in [-0.1, -0.05) is 41.4 Å². The molecule has 11 heteroatoms. The number of aromatic nitrogens is 6. The quantitative estimate of drug-likeness (QED) is 0.319. The highest BCUT2D eigenvalue weighted by molar-refractivity contribution is 6.37. The first-order valence-electron chi connectivity index (χ1n) is 9.39. The highest BCUT2D eigenvalue weighted by Gasteiger charge is 2.15. The van der Waals surface area contributed by atoms with E-state index in [2.05, 4.69) is 30.5 Å². The van der Waals surface area contributed by atoms with Crippen LogP contribution in [0.2, 0.25) is 10.0 Å². The summed E-state index contributed by atoms with van der Waals surface area (Å²) in [5.74, 6) is 0.267. The van der Waals surface area contributed by atoms with Crippen LogP contribution in [0.1, 0.15) is 0 Å². The molecule has 0 spiro atoms. The lowest BCUT2D eigenvalue weighted by molar-refractivity contribution is 0.854. The third-order valence-corrected chi connectivity index (χ3v) is 5.40. The molecule has 32 heavy (non-hydrogen) atoms. The lowest BCUT2D eigenvalue weighted by Crippen LogP contribution is -2.34. The summed E-state index contributed by atoms with van der Waals surface area (Å²) in [5.41, 5.74) is 2.27. The Morgan fingerprint density at radius 2 is 1.84 bits per heavy atom. The third-order valence-electron chi connectivity index (χ3n) is 4.79. The topological polar surface area (TPSA) is 128 Å². The van der Waals surface area contributed by atoms with E-state index in [1.165, 1.54) is 6.20 Å². The van der Waals surface area contributed by atoms with Crippen LogP contribution in [0.5, 0.6) is 0 Å². The minimum Gasteiger partial charge on any atom is -0.324 e. The molecule has 3 heterocycles. The number of rotatable bonds is 4. The molecule has 0 aliphatic rings. The Morgan fingerprint density at radius 3 is 2.59 bits per heavy atom. The number of nitrogens with one attached hydrogen (secondary N) is 4. The molecule has 0 amide bonds. The van der Waals surface area contributed by atoms with Gasteiger partial charge in [-0.3, -0.25) is 15.5 Å². The van der Waals surface area contributed by atoms with Gasteiger partial charge in [-0.25, -0.2) is 14.3 Å². The fraction of sp³-hybridized carbons (Fsp3) is 0. The second kappa shape index (κ2) is 7.95. The molecule has 0 bridgehead atoms. The predicted molar refractivity (Wildman–Crippen MR) is 123 cm³/mol. The van der Waals surface area contributed by atoms with E-state index in [0.29, 0.717) is 5.39 Å². The first-order chi connectivity index (χ1) is 15.5. The van der Waals surface area contributed by atoms with Gasteiger partial charge in [0.1, 0.15) is 5.49 Å². The van der Waals surface area contributed by atoms with Gasteiger partial charge < -0.3 is 5.32 Å². The standard InChI is InChI=1S/C21H14Cl2N8O/c22-14-5-2-6-15(23)17(14)31-18(24)13-10-25-20(28-19(13)29-21(31)32)27-12-4-1-3-11(9-12)16-7-8-26-30-16/h1-10,24H,(H,26,30)(H2,25,27,28,29,32). The Balaban J connectivity index is 1.56. The molecule has 9 nitrogen and oxygen atoms in total. The SMILES string of the molecule is N=c1c2cnc(Nc3cccc(-c4ccn[nH]4)c3)nc2[nH]c(=O)n1-c1c(Cl)cccc1Cl. The van der Waals surface area contributed by atoms with Gasteiger partial charge in [-0.05, 0) is 30.3 Å². The first kappa shape index (κ1) is 20.0. The molecule has 0 atom stereocenters. The monoisotopic (exact) mass is 464 g/mol. The highest BCUT2D eigenvalue weighted by Crippen LogP contribution is 2.26. The number of fused-ring (bicyclic) bond motifs is 1. The van der Waals surface area contributed by atoms with Crippen LogP contribution < -0.4 is 16.5 Å². The van der Waals surface area contributed by atoms with Gasteiger partial charge in [0.2, 0.25) is 5.95 Å². The van der Waals surface area contributed by atoms with E-state index in [4.69, 9.17) is 28.6 Å². The van der Waals surface area contributed by atoms with E-state index in [1.807, 2.05) is 30.3 Å². The van der Waals surface area contributed by atoms with Crippen molar-refractivity contribution in [3.8, 4) is 16.9 Å². The number of para-hydroxylation sites is 1. The Morgan fingerprint density at radius 1 is 1.06 bits per heavy atom. The van der Waals surface area contributed by atoms with Gasteiger partial charge in [-0.2, -0.15) is 10.1 Å². The fourth-order valence-electron chi connectivity index (χ4n) is 3.32. The molecule has 5 aromatic rings. The van der Waals surface area contributed by atoms with Crippen molar-refractivity contribution in [2.45, 2.75) is 0 Å². The summed E-state index contributed by atoms with van der Waals surface area (Å²) in [6.07, 6.45) is 3.14. The molecule has 0 saturated carbocycles. The summed E-state index contributed by atoms with van der Waals surface area (Å²) >= 11 is 12.5. The summed E-state index contributed by atoms with van der Waals surface area (Å²) in [6, 6.07) is 14.3.